The third-order valence-electron chi connectivity index (χ3n) is 9.39. The van der Waals surface area contributed by atoms with E-state index in [1.54, 1.807) is 0 Å². The van der Waals surface area contributed by atoms with Crippen molar-refractivity contribution in [3.05, 3.63) is 36.5 Å². The highest BCUT2D eigenvalue weighted by Crippen LogP contribution is 2.43. The lowest BCUT2D eigenvalue weighted by atomic mass is 10.0. The maximum absolute atomic E-state index is 12.6. The SMILES string of the molecule is CCCCCCCC/C=C/C/C=C/C/C=C/CCCC(=O)O[C@H](COC(=O)CCCCCCCCCCCCCCCCC)COP(=O)(O)OC[C@H](N)C(=O)O. The normalized spacial score (nSPS) is 14.1. The largest absolute Gasteiger partial charge is 0.480 e. The molecule has 4 N–H and O–H groups in total. The Bertz CT molecular complexity index is 1100. The van der Waals surface area contributed by atoms with Gasteiger partial charge in [-0.15, -0.1) is 0 Å². The molecule has 0 amide bonds. The van der Waals surface area contributed by atoms with Crippen LogP contribution in [0.1, 0.15) is 194 Å². The molecule has 0 bridgehead atoms. The van der Waals surface area contributed by atoms with Crippen molar-refractivity contribution in [1.82, 2.24) is 0 Å². The maximum Gasteiger partial charge on any atom is 0.472 e. The molecule has 0 saturated carbocycles. The van der Waals surface area contributed by atoms with Crippen molar-refractivity contribution in [2.45, 2.75) is 206 Å². The van der Waals surface area contributed by atoms with Gasteiger partial charge >= 0.3 is 25.7 Å². The van der Waals surface area contributed by atoms with Crippen molar-refractivity contribution in [1.29, 1.82) is 0 Å². The summed E-state index contributed by atoms with van der Waals surface area (Å²) in [5, 5.41) is 8.88. The van der Waals surface area contributed by atoms with E-state index in [4.69, 9.17) is 24.8 Å². The van der Waals surface area contributed by atoms with Gasteiger partial charge in [-0.2, -0.15) is 0 Å². The van der Waals surface area contributed by atoms with Crippen LogP contribution in [0.15, 0.2) is 36.5 Å². The molecule has 0 heterocycles. The van der Waals surface area contributed by atoms with Gasteiger partial charge in [0, 0.05) is 12.8 Å². The average molecular weight is 814 g/mol. The first kappa shape index (κ1) is 53.7. The first-order chi connectivity index (χ1) is 27.1. The third-order valence-corrected chi connectivity index (χ3v) is 10.3. The molecule has 326 valence electrons. The van der Waals surface area contributed by atoms with Gasteiger partial charge in [-0.3, -0.25) is 23.4 Å². The molecule has 1 unspecified atom stereocenters. The van der Waals surface area contributed by atoms with E-state index in [1.165, 1.54) is 109 Å². The topological polar surface area (TPSA) is 172 Å². The van der Waals surface area contributed by atoms with E-state index < -0.39 is 51.1 Å². The molecular weight excluding hydrogens is 733 g/mol. The first-order valence-electron chi connectivity index (χ1n) is 22.0. The summed E-state index contributed by atoms with van der Waals surface area (Å²) in [4.78, 5) is 45.9. The Morgan fingerprint density at radius 2 is 0.964 bits per heavy atom. The minimum Gasteiger partial charge on any atom is -0.480 e. The molecule has 0 aromatic rings. The number of hydrogen-bond acceptors (Lipinski definition) is 9. The Kier molecular flexibility index (Phi) is 37.9. The molecule has 0 radical (unpaired) electrons. The molecule has 0 aliphatic rings. The van der Waals surface area contributed by atoms with Gasteiger partial charge in [0.2, 0.25) is 0 Å². The molecule has 0 aliphatic heterocycles. The van der Waals surface area contributed by atoms with Crippen molar-refractivity contribution in [2.24, 2.45) is 5.73 Å². The zero-order valence-corrected chi connectivity index (χ0v) is 36.1. The zero-order valence-electron chi connectivity index (χ0n) is 35.2. The van der Waals surface area contributed by atoms with Gasteiger partial charge < -0.3 is 25.2 Å². The highest BCUT2D eigenvalue weighted by Gasteiger charge is 2.28. The molecule has 0 aliphatic carbocycles. The molecule has 0 aromatic carbocycles. The second kappa shape index (κ2) is 39.5. The monoisotopic (exact) mass is 814 g/mol. The summed E-state index contributed by atoms with van der Waals surface area (Å²) < 4.78 is 32.6. The quantitative estimate of drug-likeness (QED) is 0.0232. The lowest BCUT2D eigenvalue weighted by Gasteiger charge is -2.20. The van der Waals surface area contributed by atoms with Crippen molar-refractivity contribution >= 4 is 25.7 Å². The maximum atomic E-state index is 12.6. The molecule has 0 saturated heterocycles. The molecule has 0 rings (SSSR count). The number of phosphoric acid groups is 1. The summed E-state index contributed by atoms with van der Waals surface area (Å²) in [6, 6.07) is -1.53. The number of esters is 2. The van der Waals surface area contributed by atoms with Crippen LogP contribution in [0, 0.1) is 0 Å². The number of hydrogen-bond donors (Lipinski definition) is 3. The van der Waals surface area contributed by atoms with E-state index in [0.29, 0.717) is 19.3 Å². The minimum absolute atomic E-state index is 0.0912. The number of carboxylic acid groups (broad SMARTS) is 1. The molecule has 0 aromatic heterocycles. The summed E-state index contributed by atoms with van der Waals surface area (Å²) >= 11 is 0. The predicted octanol–water partition coefficient (Wildman–Crippen LogP) is 11.6. The number of ether oxygens (including phenoxy) is 2. The molecular formula is C44H80NO10P. The van der Waals surface area contributed by atoms with Gasteiger partial charge in [-0.05, 0) is 44.9 Å². The summed E-state index contributed by atoms with van der Waals surface area (Å²) in [5.41, 5.74) is 5.33. The zero-order chi connectivity index (χ0) is 41.4. The summed E-state index contributed by atoms with van der Waals surface area (Å²) in [6.07, 6.45) is 42.2. The number of unbranched alkanes of at least 4 members (excludes halogenated alkanes) is 21. The molecule has 56 heavy (non-hydrogen) atoms. The summed E-state index contributed by atoms with van der Waals surface area (Å²) in [5.74, 6) is -2.44. The number of carbonyl (C=O) groups is 3. The van der Waals surface area contributed by atoms with E-state index in [1.807, 2.05) is 12.2 Å². The molecule has 11 nitrogen and oxygen atoms in total. The van der Waals surface area contributed by atoms with Crippen molar-refractivity contribution in [3.63, 3.8) is 0 Å². The van der Waals surface area contributed by atoms with Crippen LogP contribution in [0.5, 0.6) is 0 Å². The van der Waals surface area contributed by atoms with E-state index >= 15 is 0 Å². The number of rotatable bonds is 41. The molecule has 0 spiro atoms. The Morgan fingerprint density at radius 1 is 0.554 bits per heavy atom. The highest BCUT2D eigenvalue weighted by atomic mass is 31.2. The second-order valence-corrected chi connectivity index (χ2v) is 16.3. The minimum atomic E-state index is -4.73. The number of nitrogens with two attached hydrogens (primary N) is 1. The Hall–Kier alpha value is -2.30. The third kappa shape index (κ3) is 38.6. The van der Waals surface area contributed by atoms with E-state index in [-0.39, 0.29) is 19.4 Å². The smallest absolute Gasteiger partial charge is 0.472 e. The van der Waals surface area contributed by atoms with Gasteiger partial charge in [0.1, 0.15) is 12.6 Å². The average Bonchev–Trinajstić information content (AvgIpc) is 3.17. The van der Waals surface area contributed by atoms with Crippen molar-refractivity contribution < 1.29 is 47.5 Å². The number of aliphatic carboxylic acids is 1. The fourth-order valence-electron chi connectivity index (χ4n) is 5.90. The lowest BCUT2D eigenvalue weighted by Crippen LogP contribution is -2.34. The Morgan fingerprint density at radius 3 is 1.46 bits per heavy atom. The van der Waals surface area contributed by atoms with Gasteiger partial charge in [0.05, 0.1) is 13.2 Å². The summed E-state index contributed by atoms with van der Waals surface area (Å²) in [7, 11) is -4.73. The number of carboxylic acids is 1. The van der Waals surface area contributed by atoms with Crippen LogP contribution in [0.4, 0.5) is 0 Å². The molecule has 12 heteroatoms. The molecule has 0 fully saturated rings. The standard InChI is InChI=1S/C44H80NO10P/c1-3-5-7-9-11-13-15-17-19-20-22-24-26-28-30-32-34-36-43(47)55-40(38-53-56(50,51)54-39-41(45)44(48)49)37-52-42(46)35-33-31-29-27-25-23-21-18-16-14-12-10-8-6-4-2/h17,19,22,24,28,30,40-41H,3-16,18,20-21,23,25-27,29,31-39,45H2,1-2H3,(H,48,49)(H,50,51)/b19-17+,24-22+,30-28+/t40-,41+/m1/s1. The van der Waals surface area contributed by atoms with Crippen LogP contribution >= 0.6 is 7.82 Å². The second-order valence-electron chi connectivity index (χ2n) is 14.8. The van der Waals surface area contributed by atoms with Crippen LogP contribution in [0.2, 0.25) is 0 Å². The van der Waals surface area contributed by atoms with Gasteiger partial charge in [0.15, 0.2) is 6.10 Å². The Balaban J connectivity index is 4.43. The number of phosphoric ester groups is 1. The van der Waals surface area contributed by atoms with E-state index in [2.05, 4.69) is 42.7 Å². The van der Waals surface area contributed by atoms with Gasteiger partial charge in [0.25, 0.3) is 0 Å². The van der Waals surface area contributed by atoms with Crippen molar-refractivity contribution in [2.75, 3.05) is 19.8 Å². The van der Waals surface area contributed by atoms with E-state index in [0.717, 1.165) is 38.5 Å². The van der Waals surface area contributed by atoms with Crippen LogP contribution in [-0.4, -0.2) is 59.9 Å². The van der Waals surface area contributed by atoms with Gasteiger partial charge in [-0.1, -0.05) is 172 Å². The van der Waals surface area contributed by atoms with Crippen LogP contribution in [-0.2, 0) is 37.5 Å². The summed E-state index contributed by atoms with van der Waals surface area (Å²) in [6.45, 7) is 2.75. The fraction of sp³-hybridized carbons (Fsp3) is 0.795. The first-order valence-corrected chi connectivity index (χ1v) is 23.5. The Labute approximate surface area is 340 Å². The highest BCUT2D eigenvalue weighted by molar-refractivity contribution is 7.47. The number of carbonyl (C=O) groups excluding carboxylic acids is 2. The van der Waals surface area contributed by atoms with Crippen LogP contribution in [0.25, 0.3) is 0 Å². The predicted molar refractivity (Wildman–Crippen MR) is 226 cm³/mol. The van der Waals surface area contributed by atoms with Gasteiger partial charge in [-0.25, -0.2) is 4.57 Å². The lowest BCUT2D eigenvalue weighted by molar-refractivity contribution is -0.161. The van der Waals surface area contributed by atoms with Crippen LogP contribution in [0.3, 0.4) is 0 Å². The van der Waals surface area contributed by atoms with E-state index in [9.17, 15) is 23.8 Å². The van der Waals surface area contributed by atoms with Crippen LogP contribution < -0.4 is 5.73 Å². The number of allylic oxidation sites excluding steroid dienone is 6. The molecule has 3 atom stereocenters. The van der Waals surface area contributed by atoms with Crippen molar-refractivity contribution in [3.8, 4) is 0 Å². The fourth-order valence-corrected chi connectivity index (χ4v) is 6.68.